The van der Waals surface area contributed by atoms with Gasteiger partial charge in [0, 0.05) is 6.04 Å². The number of hydrogen-bond donors (Lipinski definition) is 0. The van der Waals surface area contributed by atoms with E-state index in [1.165, 1.54) is 25.9 Å². The SMILES string of the molecule is C[C@H](COc1ccc(N=C=S)cc1)N1CCCC1. The smallest absolute Gasteiger partial charge is 0.119 e. The summed E-state index contributed by atoms with van der Waals surface area (Å²) in [5.74, 6) is 0.879. The summed E-state index contributed by atoms with van der Waals surface area (Å²) < 4.78 is 5.78. The Morgan fingerprint density at radius 3 is 2.61 bits per heavy atom. The van der Waals surface area contributed by atoms with Crippen LogP contribution in [0.2, 0.25) is 0 Å². The van der Waals surface area contributed by atoms with Crippen molar-refractivity contribution in [1.82, 2.24) is 4.90 Å². The molecule has 0 spiro atoms. The fourth-order valence-corrected chi connectivity index (χ4v) is 2.28. The minimum absolute atomic E-state index is 0.478. The van der Waals surface area contributed by atoms with Gasteiger partial charge in [-0.25, -0.2) is 0 Å². The summed E-state index contributed by atoms with van der Waals surface area (Å²) >= 11 is 4.56. The summed E-state index contributed by atoms with van der Waals surface area (Å²) in [5.41, 5.74) is 0.810. The molecule has 0 amide bonds. The van der Waals surface area contributed by atoms with E-state index in [1.54, 1.807) is 0 Å². The third-order valence-electron chi connectivity index (χ3n) is 3.27. The van der Waals surface area contributed by atoms with Crippen molar-refractivity contribution in [3.63, 3.8) is 0 Å². The van der Waals surface area contributed by atoms with Gasteiger partial charge in [0.2, 0.25) is 0 Å². The molecule has 0 aliphatic carbocycles. The number of hydrogen-bond acceptors (Lipinski definition) is 4. The molecule has 0 saturated carbocycles. The van der Waals surface area contributed by atoms with E-state index >= 15 is 0 Å². The summed E-state index contributed by atoms with van der Waals surface area (Å²) in [6.45, 7) is 5.35. The maximum Gasteiger partial charge on any atom is 0.119 e. The molecule has 0 unspecified atom stereocenters. The predicted molar refractivity (Wildman–Crippen MR) is 76.9 cm³/mol. The van der Waals surface area contributed by atoms with Crippen LogP contribution in [0.25, 0.3) is 0 Å². The molecule has 2 rings (SSSR count). The Bertz CT molecular complexity index is 420. The lowest BCUT2D eigenvalue weighted by Gasteiger charge is -2.23. The number of aliphatic imine (C=N–C) groups is 1. The van der Waals surface area contributed by atoms with Gasteiger partial charge in [-0.15, -0.1) is 0 Å². The second-order valence-electron chi connectivity index (χ2n) is 4.60. The van der Waals surface area contributed by atoms with Crippen molar-refractivity contribution >= 4 is 23.1 Å². The third-order valence-corrected chi connectivity index (χ3v) is 3.36. The molecule has 1 saturated heterocycles. The molecule has 1 aromatic rings. The zero-order valence-electron chi connectivity index (χ0n) is 10.6. The zero-order valence-corrected chi connectivity index (χ0v) is 11.4. The van der Waals surface area contributed by atoms with Crippen molar-refractivity contribution < 1.29 is 4.74 Å². The van der Waals surface area contributed by atoms with Crippen molar-refractivity contribution in [2.75, 3.05) is 19.7 Å². The normalized spacial score (nSPS) is 17.2. The minimum atomic E-state index is 0.478. The second kappa shape index (κ2) is 6.64. The first-order chi connectivity index (χ1) is 8.79. The number of ether oxygens (including phenoxy) is 1. The molecule has 96 valence electrons. The van der Waals surface area contributed by atoms with Crippen LogP contribution < -0.4 is 4.74 Å². The van der Waals surface area contributed by atoms with Crippen LogP contribution in [0.5, 0.6) is 5.75 Å². The van der Waals surface area contributed by atoms with Crippen LogP contribution in [0.15, 0.2) is 29.3 Å². The Morgan fingerprint density at radius 1 is 1.33 bits per heavy atom. The number of nitrogens with zero attached hydrogens (tertiary/aromatic N) is 2. The summed E-state index contributed by atoms with van der Waals surface area (Å²) in [7, 11) is 0. The van der Waals surface area contributed by atoms with E-state index in [0.29, 0.717) is 6.04 Å². The first-order valence-corrected chi connectivity index (χ1v) is 6.75. The predicted octanol–water partition coefficient (Wildman–Crippen LogP) is 3.28. The van der Waals surface area contributed by atoms with Gasteiger partial charge in [-0.05, 0) is 69.3 Å². The quantitative estimate of drug-likeness (QED) is 0.601. The van der Waals surface area contributed by atoms with E-state index in [1.807, 2.05) is 24.3 Å². The molecule has 1 aliphatic heterocycles. The topological polar surface area (TPSA) is 24.8 Å². The van der Waals surface area contributed by atoms with Crippen LogP contribution in [0.1, 0.15) is 19.8 Å². The van der Waals surface area contributed by atoms with Crippen molar-refractivity contribution in [2.45, 2.75) is 25.8 Å². The molecule has 0 radical (unpaired) electrons. The lowest BCUT2D eigenvalue weighted by Crippen LogP contribution is -2.34. The molecule has 0 bridgehead atoms. The number of likely N-dealkylation sites (tertiary alicyclic amines) is 1. The van der Waals surface area contributed by atoms with Gasteiger partial charge in [0.1, 0.15) is 12.4 Å². The van der Waals surface area contributed by atoms with Crippen LogP contribution >= 0.6 is 12.2 Å². The largest absolute Gasteiger partial charge is 0.492 e. The Labute approximate surface area is 113 Å². The molecule has 1 aromatic carbocycles. The lowest BCUT2D eigenvalue weighted by molar-refractivity contribution is 0.172. The van der Waals surface area contributed by atoms with Gasteiger partial charge in [0.25, 0.3) is 0 Å². The van der Waals surface area contributed by atoms with Gasteiger partial charge in [0.15, 0.2) is 0 Å². The molecule has 1 fully saturated rings. The van der Waals surface area contributed by atoms with Crippen molar-refractivity contribution in [1.29, 1.82) is 0 Å². The van der Waals surface area contributed by atoms with Gasteiger partial charge >= 0.3 is 0 Å². The fraction of sp³-hybridized carbons (Fsp3) is 0.500. The maximum atomic E-state index is 5.78. The maximum absolute atomic E-state index is 5.78. The summed E-state index contributed by atoms with van der Waals surface area (Å²) in [5, 5.41) is 2.35. The van der Waals surface area contributed by atoms with Crippen LogP contribution in [0, 0.1) is 0 Å². The molecular formula is C14H18N2OS. The lowest BCUT2D eigenvalue weighted by atomic mass is 10.3. The molecule has 18 heavy (non-hydrogen) atoms. The van der Waals surface area contributed by atoms with Gasteiger partial charge in [0.05, 0.1) is 10.8 Å². The highest BCUT2D eigenvalue weighted by Gasteiger charge is 2.18. The van der Waals surface area contributed by atoms with Gasteiger partial charge < -0.3 is 4.74 Å². The van der Waals surface area contributed by atoms with E-state index in [2.05, 4.69) is 34.2 Å². The summed E-state index contributed by atoms with van der Waals surface area (Å²) in [6, 6.07) is 8.08. The zero-order chi connectivity index (χ0) is 12.8. The highest BCUT2D eigenvalue weighted by molar-refractivity contribution is 7.78. The van der Waals surface area contributed by atoms with Crippen molar-refractivity contribution in [3.8, 4) is 5.75 Å². The molecule has 0 N–H and O–H groups in total. The van der Waals surface area contributed by atoms with Crippen LogP contribution in [0.4, 0.5) is 5.69 Å². The second-order valence-corrected chi connectivity index (χ2v) is 4.78. The van der Waals surface area contributed by atoms with Crippen molar-refractivity contribution in [3.05, 3.63) is 24.3 Å². The Morgan fingerprint density at radius 2 is 2.00 bits per heavy atom. The summed E-state index contributed by atoms with van der Waals surface area (Å²) in [4.78, 5) is 6.38. The van der Waals surface area contributed by atoms with E-state index in [4.69, 9.17) is 4.74 Å². The van der Waals surface area contributed by atoms with E-state index in [9.17, 15) is 0 Å². The first-order valence-electron chi connectivity index (χ1n) is 6.34. The number of thiocarbonyl (C=S) groups is 1. The van der Waals surface area contributed by atoms with Gasteiger partial charge in [-0.3, -0.25) is 4.90 Å². The standard InChI is InChI=1S/C14H18N2OS/c1-12(16-8-2-3-9-16)10-17-14-6-4-13(5-7-14)15-11-18/h4-7,12H,2-3,8-10H2,1H3/t12-/m1/s1. The first kappa shape index (κ1) is 13.2. The average molecular weight is 262 g/mol. The van der Waals surface area contributed by atoms with Gasteiger partial charge in [-0.1, -0.05) is 0 Å². The van der Waals surface area contributed by atoms with Crippen LogP contribution in [0.3, 0.4) is 0 Å². The molecule has 4 heteroatoms. The molecule has 3 nitrogen and oxygen atoms in total. The van der Waals surface area contributed by atoms with Crippen molar-refractivity contribution in [2.24, 2.45) is 4.99 Å². The average Bonchev–Trinajstić information content (AvgIpc) is 2.92. The Kier molecular flexibility index (Phi) is 4.88. The Balaban J connectivity index is 1.83. The van der Waals surface area contributed by atoms with Crippen LogP contribution in [-0.4, -0.2) is 35.8 Å². The van der Waals surface area contributed by atoms with E-state index < -0.39 is 0 Å². The highest BCUT2D eigenvalue weighted by atomic mass is 32.1. The van der Waals surface area contributed by atoms with E-state index in [0.717, 1.165) is 18.0 Å². The molecule has 1 heterocycles. The van der Waals surface area contributed by atoms with E-state index in [-0.39, 0.29) is 0 Å². The monoisotopic (exact) mass is 262 g/mol. The minimum Gasteiger partial charge on any atom is -0.492 e. The van der Waals surface area contributed by atoms with Gasteiger partial charge in [-0.2, -0.15) is 4.99 Å². The molecule has 0 aromatic heterocycles. The highest BCUT2D eigenvalue weighted by Crippen LogP contribution is 2.18. The number of isothiocyanates is 1. The third kappa shape index (κ3) is 3.64. The Hall–Kier alpha value is -1.22. The molecule has 1 atom stereocenters. The number of benzene rings is 1. The molecular weight excluding hydrogens is 244 g/mol. The number of rotatable bonds is 5. The fourth-order valence-electron chi connectivity index (χ4n) is 2.17. The summed E-state index contributed by atoms with van der Waals surface area (Å²) in [6.07, 6.45) is 2.63. The molecule has 1 aliphatic rings. The van der Waals surface area contributed by atoms with Crippen LogP contribution in [-0.2, 0) is 0 Å².